The number of aliphatic hydroxyl groups excluding tert-OH is 1. The maximum atomic E-state index is 10.1. The number of rotatable bonds is 5. The van der Waals surface area contributed by atoms with Crippen molar-refractivity contribution in [3.63, 3.8) is 0 Å². The van der Waals surface area contributed by atoms with Crippen LogP contribution in [0.15, 0.2) is 42.5 Å². The van der Waals surface area contributed by atoms with Gasteiger partial charge in [-0.2, -0.15) is 0 Å². The van der Waals surface area contributed by atoms with Crippen LogP contribution in [-0.2, 0) is 4.79 Å². The van der Waals surface area contributed by atoms with Gasteiger partial charge in [0.2, 0.25) is 6.41 Å². The molecule has 0 aliphatic carbocycles. The Hall–Kier alpha value is -2.07. The number of nitrogens with one attached hydrogen (secondary N) is 1. The van der Waals surface area contributed by atoms with Gasteiger partial charge in [0.1, 0.15) is 12.4 Å². The van der Waals surface area contributed by atoms with Gasteiger partial charge in [-0.05, 0) is 22.9 Å². The molecule has 0 saturated carbocycles. The van der Waals surface area contributed by atoms with E-state index in [-0.39, 0.29) is 6.61 Å². The molecule has 1 atom stereocenters. The summed E-state index contributed by atoms with van der Waals surface area (Å²) in [6.07, 6.45) is -0.548. The number of aliphatic hydroxyl groups is 1. The van der Waals surface area contributed by atoms with Crippen molar-refractivity contribution in [1.82, 2.24) is 5.32 Å². The van der Waals surface area contributed by atoms with Crippen LogP contribution in [0.4, 0.5) is 0 Å². The maximum Gasteiger partial charge on any atom is 0.209 e. The summed E-state index contributed by atoms with van der Waals surface area (Å²) in [5.41, 5.74) is 0. The molecule has 2 rings (SSSR count). The molecule has 4 heteroatoms. The molecule has 2 N–H and O–H groups in total. The molecule has 0 radical (unpaired) electrons. The zero-order chi connectivity index (χ0) is 12.1. The molecule has 2 aromatic rings. The van der Waals surface area contributed by atoms with Crippen molar-refractivity contribution in [2.24, 2.45) is 0 Å². The van der Waals surface area contributed by atoms with Crippen molar-refractivity contribution in [3.05, 3.63) is 42.5 Å². The lowest BCUT2D eigenvalue weighted by atomic mass is 10.1. The standard InChI is InChI=1S/C13H13NO3/c15-9-14-13(16)8-17-12-6-5-10-3-1-2-4-11(10)7-12/h1-7,9,13,16H,8H2,(H,14,15). The van der Waals surface area contributed by atoms with Gasteiger partial charge in [0.25, 0.3) is 0 Å². The Morgan fingerprint density at radius 1 is 1.24 bits per heavy atom. The summed E-state index contributed by atoms with van der Waals surface area (Å²) in [5, 5.41) is 13.7. The van der Waals surface area contributed by atoms with E-state index in [1.165, 1.54) is 0 Å². The average molecular weight is 231 g/mol. The van der Waals surface area contributed by atoms with E-state index in [2.05, 4.69) is 5.32 Å². The molecular formula is C13H13NO3. The molecule has 0 aliphatic heterocycles. The van der Waals surface area contributed by atoms with E-state index in [1.807, 2.05) is 42.5 Å². The number of carbonyl (C=O) groups excluding carboxylic acids is 1. The molecule has 88 valence electrons. The second-order valence-electron chi connectivity index (χ2n) is 3.62. The van der Waals surface area contributed by atoms with Crippen LogP contribution >= 0.6 is 0 Å². The Bertz CT molecular complexity index is 513. The molecular weight excluding hydrogens is 218 g/mol. The van der Waals surface area contributed by atoms with Crippen LogP contribution in [0.5, 0.6) is 5.75 Å². The van der Waals surface area contributed by atoms with E-state index >= 15 is 0 Å². The monoisotopic (exact) mass is 231 g/mol. The quantitative estimate of drug-likeness (QED) is 0.602. The van der Waals surface area contributed by atoms with Crippen LogP contribution in [0.2, 0.25) is 0 Å². The Morgan fingerprint density at radius 2 is 2.00 bits per heavy atom. The minimum absolute atomic E-state index is 0.0249. The molecule has 0 heterocycles. The lowest BCUT2D eigenvalue weighted by molar-refractivity contribution is -0.112. The van der Waals surface area contributed by atoms with Crippen molar-refractivity contribution < 1.29 is 14.6 Å². The van der Waals surface area contributed by atoms with Crippen LogP contribution in [-0.4, -0.2) is 24.4 Å². The highest BCUT2D eigenvalue weighted by Crippen LogP contribution is 2.20. The Labute approximate surface area is 98.8 Å². The van der Waals surface area contributed by atoms with Gasteiger partial charge in [-0.3, -0.25) is 4.79 Å². The lowest BCUT2D eigenvalue weighted by Crippen LogP contribution is -2.33. The molecule has 4 nitrogen and oxygen atoms in total. The zero-order valence-electron chi connectivity index (χ0n) is 9.17. The third kappa shape index (κ3) is 2.95. The number of hydrogen-bond donors (Lipinski definition) is 2. The average Bonchev–Trinajstić information content (AvgIpc) is 2.36. The van der Waals surface area contributed by atoms with Crippen molar-refractivity contribution in [1.29, 1.82) is 0 Å². The molecule has 1 amide bonds. The fourth-order valence-corrected chi connectivity index (χ4v) is 1.56. The first-order valence-corrected chi connectivity index (χ1v) is 5.29. The van der Waals surface area contributed by atoms with Gasteiger partial charge in [0.05, 0.1) is 0 Å². The third-order valence-electron chi connectivity index (χ3n) is 2.39. The minimum atomic E-state index is -0.987. The highest BCUT2D eigenvalue weighted by molar-refractivity contribution is 5.83. The van der Waals surface area contributed by atoms with Crippen LogP contribution in [0, 0.1) is 0 Å². The molecule has 2 aromatic carbocycles. The van der Waals surface area contributed by atoms with Gasteiger partial charge in [-0.15, -0.1) is 0 Å². The summed E-state index contributed by atoms with van der Waals surface area (Å²) in [6, 6.07) is 13.6. The van der Waals surface area contributed by atoms with E-state index in [9.17, 15) is 9.90 Å². The first-order chi connectivity index (χ1) is 8.29. The largest absolute Gasteiger partial charge is 0.489 e. The number of carbonyl (C=O) groups is 1. The minimum Gasteiger partial charge on any atom is -0.489 e. The van der Waals surface area contributed by atoms with Gasteiger partial charge >= 0.3 is 0 Å². The molecule has 0 spiro atoms. The summed E-state index contributed by atoms with van der Waals surface area (Å²) >= 11 is 0. The maximum absolute atomic E-state index is 10.1. The van der Waals surface area contributed by atoms with E-state index in [1.54, 1.807) is 0 Å². The summed E-state index contributed by atoms with van der Waals surface area (Å²) in [7, 11) is 0. The van der Waals surface area contributed by atoms with Gasteiger partial charge in [-0.25, -0.2) is 0 Å². The molecule has 0 bridgehead atoms. The second-order valence-corrected chi connectivity index (χ2v) is 3.62. The smallest absolute Gasteiger partial charge is 0.209 e. The summed E-state index contributed by atoms with van der Waals surface area (Å²) < 4.78 is 5.36. The fourth-order valence-electron chi connectivity index (χ4n) is 1.56. The van der Waals surface area contributed by atoms with E-state index in [0.29, 0.717) is 12.2 Å². The Balaban J connectivity index is 2.06. The van der Waals surface area contributed by atoms with Gasteiger partial charge in [0.15, 0.2) is 6.23 Å². The topological polar surface area (TPSA) is 58.6 Å². The van der Waals surface area contributed by atoms with Gasteiger partial charge in [-0.1, -0.05) is 30.3 Å². The number of fused-ring (bicyclic) bond motifs is 1. The van der Waals surface area contributed by atoms with Crippen molar-refractivity contribution in [2.75, 3.05) is 6.61 Å². The normalized spacial score (nSPS) is 12.1. The highest BCUT2D eigenvalue weighted by Gasteiger charge is 2.03. The number of ether oxygens (including phenoxy) is 1. The first kappa shape index (κ1) is 11.4. The molecule has 0 fully saturated rings. The SMILES string of the molecule is O=CNC(O)COc1ccc2ccccc2c1. The molecule has 0 saturated heterocycles. The van der Waals surface area contributed by atoms with Gasteiger partial charge in [0, 0.05) is 0 Å². The van der Waals surface area contributed by atoms with Crippen LogP contribution in [0.3, 0.4) is 0 Å². The van der Waals surface area contributed by atoms with Crippen molar-refractivity contribution in [2.45, 2.75) is 6.23 Å². The highest BCUT2D eigenvalue weighted by atomic mass is 16.5. The Kier molecular flexibility index (Phi) is 3.57. The first-order valence-electron chi connectivity index (χ1n) is 5.29. The molecule has 17 heavy (non-hydrogen) atoms. The molecule has 1 unspecified atom stereocenters. The number of benzene rings is 2. The predicted octanol–water partition coefficient (Wildman–Crippen LogP) is 1.28. The fraction of sp³-hybridized carbons (Fsp3) is 0.154. The number of hydrogen-bond acceptors (Lipinski definition) is 3. The van der Waals surface area contributed by atoms with E-state index in [4.69, 9.17) is 4.74 Å². The summed E-state index contributed by atoms with van der Waals surface area (Å²) in [5.74, 6) is 0.662. The van der Waals surface area contributed by atoms with Crippen LogP contribution < -0.4 is 10.1 Å². The Morgan fingerprint density at radius 3 is 2.76 bits per heavy atom. The van der Waals surface area contributed by atoms with Crippen LogP contribution in [0.1, 0.15) is 0 Å². The zero-order valence-corrected chi connectivity index (χ0v) is 9.17. The van der Waals surface area contributed by atoms with E-state index in [0.717, 1.165) is 10.8 Å². The van der Waals surface area contributed by atoms with Crippen molar-refractivity contribution in [3.8, 4) is 5.75 Å². The van der Waals surface area contributed by atoms with Crippen LogP contribution in [0.25, 0.3) is 10.8 Å². The molecule has 0 aliphatic rings. The van der Waals surface area contributed by atoms with Gasteiger partial charge < -0.3 is 15.2 Å². The van der Waals surface area contributed by atoms with Crippen molar-refractivity contribution >= 4 is 17.2 Å². The van der Waals surface area contributed by atoms with E-state index < -0.39 is 6.23 Å². The molecule has 0 aromatic heterocycles. The second kappa shape index (κ2) is 5.32. The number of amides is 1. The lowest BCUT2D eigenvalue weighted by Gasteiger charge is -2.11. The summed E-state index contributed by atoms with van der Waals surface area (Å²) in [4.78, 5) is 10.1. The predicted molar refractivity (Wildman–Crippen MR) is 64.6 cm³/mol. The third-order valence-corrected chi connectivity index (χ3v) is 2.39. The summed E-state index contributed by atoms with van der Waals surface area (Å²) in [6.45, 7) is 0.0249.